The van der Waals surface area contributed by atoms with Crippen molar-refractivity contribution in [3.63, 3.8) is 0 Å². The number of aliphatic imine (C=N–C) groups is 3. The van der Waals surface area contributed by atoms with Crippen molar-refractivity contribution >= 4 is 46.1 Å². The zero-order valence-corrected chi connectivity index (χ0v) is 6.58. The minimum Gasteiger partial charge on any atom is -0.268 e. The molecule has 2 aliphatic rings. The van der Waals surface area contributed by atoms with Gasteiger partial charge in [-0.25, -0.2) is 9.98 Å². The van der Waals surface area contributed by atoms with Gasteiger partial charge in [0, 0.05) is 0 Å². The molecule has 0 bridgehead atoms. The lowest BCUT2D eigenvalue weighted by molar-refractivity contribution is 1.41. The van der Waals surface area contributed by atoms with Crippen LogP contribution < -0.4 is 0 Å². The quantitative estimate of drug-likeness (QED) is 0.505. The van der Waals surface area contributed by atoms with Crippen molar-refractivity contribution < 1.29 is 0 Å². The van der Waals surface area contributed by atoms with Crippen molar-refractivity contribution in [1.82, 2.24) is 0 Å². The van der Waals surface area contributed by atoms with Gasteiger partial charge in [0.25, 0.3) is 0 Å². The summed E-state index contributed by atoms with van der Waals surface area (Å²) in [7, 11) is 0. The fraction of sp³-hybridized carbons (Fsp3) is 0.200. The number of thioether (sulfide) groups is 1. The second-order valence-corrected chi connectivity index (χ2v) is 3.08. The third kappa shape index (κ3) is 0.819. The van der Waals surface area contributed by atoms with Gasteiger partial charge in [0.1, 0.15) is 17.1 Å². The Balaban J connectivity index is 2.48. The highest BCUT2D eigenvalue weighted by atomic mass is 32.2. The van der Waals surface area contributed by atoms with Crippen LogP contribution in [0.25, 0.3) is 0 Å². The maximum absolute atomic E-state index is 4.92. The first-order valence-corrected chi connectivity index (χ1v) is 4.09. The zero-order valence-electron chi connectivity index (χ0n) is 4.94. The van der Waals surface area contributed by atoms with Crippen LogP contribution in [0.5, 0.6) is 0 Å². The molecule has 0 atom stereocenters. The first-order valence-electron chi connectivity index (χ1n) is 2.70. The first kappa shape index (κ1) is 6.18. The number of hydrogen-bond donors (Lipinski definition) is 0. The molecular weight excluding hydrogens is 166 g/mol. The monoisotopic (exact) mass is 169 g/mol. The Kier molecular flexibility index (Phi) is 1.39. The minimum absolute atomic E-state index is 0.565. The molecule has 10 heavy (non-hydrogen) atoms. The van der Waals surface area contributed by atoms with E-state index in [1.54, 1.807) is 11.8 Å². The molecule has 2 aliphatic heterocycles. The zero-order chi connectivity index (χ0) is 6.97. The van der Waals surface area contributed by atoms with Crippen molar-refractivity contribution in [3.8, 4) is 0 Å². The second kappa shape index (κ2) is 2.25. The SMILES string of the molecule is S=C1N=CN=C2SCN=C12. The van der Waals surface area contributed by atoms with Crippen LogP contribution in [0, 0.1) is 0 Å². The Bertz CT molecular complexity index is 277. The Morgan fingerprint density at radius 1 is 1.60 bits per heavy atom. The van der Waals surface area contributed by atoms with Gasteiger partial charge in [-0.3, -0.25) is 4.99 Å². The standard InChI is InChI=1S/C5H3N3S2/c9-4-3-5(7-1-6-4)10-2-8-3/h1H,2H2. The Labute approximate surface area is 67.4 Å². The van der Waals surface area contributed by atoms with E-state index in [0.717, 1.165) is 16.6 Å². The van der Waals surface area contributed by atoms with Crippen LogP contribution in [0.3, 0.4) is 0 Å². The largest absolute Gasteiger partial charge is 0.268 e. The Morgan fingerprint density at radius 3 is 3.30 bits per heavy atom. The maximum Gasteiger partial charge on any atom is 0.155 e. The molecule has 0 aliphatic carbocycles. The Hall–Kier alpha value is -0.550. The smallest absolute Gasteiger partial charge is 0.155 e. The molecule has 2 heterocycles. The summed E-state index contributed by atoms with van der Waals surface area (Å²) in [6.45, 7) is 0. The first-order chi connectivity index (χ1) is 4.88. The van der Waals surface area contributed by atoms with Crippen LogP contribution in [0.15, 0.2) is 15.0 Å². The normalized spacial score (nSPS) is 22.2. The lowest BCUT2D eigenvalue weighted by Gasteiger charge is -2.00. The van der Waals surface area contributed by atoms with Crippen LogP contribution in [-0.2, 0) is 0 Å². The van der Waals surface area contributed by atoms with Gasteiger partial charge < -0.3 is 0 Å². The molecule has 0 saturated carbocycles. The van der Waals surface area contributed by atoms with Crippen LogP contribution in [0.1, 0.15) is 0 Å². The van der Waals surface area contributed by atoms with Gasteiger partial charge in [-0.2, -0.15) is 0 Å². The van der Waals surface area contributed by atoms with E-state index in [1.165, 1.54) is 6.34 Å². The van der Waals surface area contributed by atoms with Crippen molar-refractivity contribution in [3.05, 3.63) is 0 Å². The highest BCUT2D eigenvalue weighted by molar-refractivity contribution is 8.16. The molecule has 0 aromatic heterocycles. The highest BCUT2D eigenvalue weighted by Crippen LogP contribution is 2.17. The molecule has 0 spiro atoms. The fourth-order valence-corrected chi connectivity index (χ4v) is 1.75. The van der Waals surface area contributed by atoms with E-state index in [9.17, 15) is 0 Å². The van der Waals surface area contributed by atoms with Gasteiger partial charge in [-0.05, 0) is 0 Å². The van der Waals surface area contributed by atoms with Crippen molar-refractivity contribution in [1.29, 1.82) is 0 Å². The van der Waals surface area contributed by atoms with E-state index in [1.807, 2.05) is 0 Å². The van der Waals surface area contributed by atoms with Crippen LogP contribution >= 0.6 is 24.0 Å². The van der Waals surface area contributed by atoms with Gasteiger partial charge >= 0.3 is 0 Å². The molecule has 50 valence electrons. The van der Waals surface area contributed by atoms with Crippen LogP contribution in [0.2, 0.25) is 0 Å². The number of hydrogen-bond acceptors (Lipinski definition) is 4. The van der Waals surface area contributed by atoms with Crippen molar-refractivity contribution in [2.75, 3.05) is 5.88 Å². The van der Waals surface area contributed by atoms with E-state index in [4.69, 9.17) is 12.2 Å². The summed E-state index contributed by atoms with van der Waals surface area (Å²) in [6.07, 6.45) is 1.48. The van der Waals surface area contributed by atoms with E-state index < -0.39 is 0 Å². The van der Waals surface area contributed by atoms with Gasteiger partial charge in [-0.15, -0.1) is 0 Å². The van der Waals surface area contributed by atoms with Crippen molar-refractivity contribution in [2.24, 2.45) is 15.0 Å². The number of nitrogens with zero attached hydrogens (tertiary/aromatic N) is 3. The average Bonchev–Trinajstić information content (AvgIpc) is 2.36. The molecule has 0 aromatic rings. The van der Waals surface area contributed by atoms with Crippen LogP contribution in [0.4, 0.5) is 0 Å². The molecule has 0 fully saturated rings. The lowest BCUT2D eigenvalue weighted by Crippen LogP contribution is -2.18. The molecule has 0 radical (unpaired) electrons. The summed E-state index contributed by atoms with van der Waals surface area (Å²) >= 11 is 6.52. The summed E-state index contributed by atoms with van der Waals surface area (Å²) in [4.78, 5) is 12.6. The summed E-state index contributed by atoms with van der Waals surface area (Å²) < 4.78 is 0. The van der Waals surface area contributed by atoms with E-state index in [0.29, 0.717) is 4.99 Å². The van der Waals surface area contributed by atoms with E-state index >= 15 is 0 Å². The van der Waals surface area contributed by atoms with Gasteiger partial charge in [-0.1, -0.05) is 24.0 Å². The summed E-state index contributed by atoms with van der Waals surface area (Å²) in [5.74, 6) is 0.734. The average molecular weight is 169 g/mol. The molecule has 0 amide bonds. The number of fused-ring (bicyclic) bond motifs is 1. The lowest BCUT2D eigenvalue weighted by atomic mass is 10.4. The predicted octanol–water partition coefficient (Wildman–Crippen LogP) is 0.899. The third-order valence-corrected chi connectivity index (χ3v) is 2.31. The van der Waals surface area contributed by atoms with E-state index in [2.05, 4.69) is 15.0 Å². The van der Waals surface area contributed by atoms with Crippen LogP contribution in [-0.4, -0.2) is 28.0 Å². The molecule has 0 unspecified atom stereocenters. The van der Waals surface area contributed by atoms with E-state index in [-0.39, 0.29) is 0 Å². The topological polar surface area (TPSA) is 37.1 Å². The molecule has 0 N–H and O–H groups in total. The van der Waals surface area contributed by atoms with Gasteiger partial charge in [0.05, 0.1) is 5.88 Å². The molecule has 3 nitrogen and oxygen atoms in total. The summed E-state index contributed by atoms with van der Waals surface area (Å²) in [5.41, 5.74) is 0.794. The van der Waals surface area contributed by atoms with Gasteiger partial charge in [0.15, 0.2) is 4.99 Å². The summed E-state index contributed by atoms with van der Waals surface area (Å²) in [5, 5.41) is 0.917. The third-order valence-electron chi connectivity index (χ3n) is 1.18. The Morgan fingerprint density at radius 2 is 2.50 bits per heavy atom. The molecular formula is C5H3N3S2. The molecule has 2 rings (SSSR count). The molecule has 0 aromatic carbocycles. The van der Waals surface area contributed by atoms with Crippen molar-refractivity contribution in [2.45, 2.75) is 0 Å². The number of thiocarbonyl (C=S) groups is 1. The molecule has 0 saturated heterocycles. The maximum atomic E-state index is 4.92. The fourth-order valence-electron chi connectivity index (χ4n) is 0.746. The summed E-state index contributed by atoms with van der Waals surface area (Å²) in [6, 6.07) is 0. The van der Waals surface area contributed by atoms with Gasteiger partial charge in [0.2, 0.25) is 0 Å². The number of rotatable bonds is 0. The highest BCUT2D eigenvalue weighted by Gasteiger charge is 2.21. The predicted molar refractivity (Wildman–Crippen MR) is 48.4 cm³/mol. The second-order valence-electron chi connectivity index (χ2n) is 1.76. The molecule has 5 heteroatoms. The minimum atomic E-state index is 0.565.